The summed E-state index contributed by atoms with van der Waals surface area (Å²) in [5.74, 6) is -2.28. The molecule has 9 nitrogen and oxygen atoms in total. The smallest absolute Gasteiger partial charge is 0.335 e. The first-order chi connectivity index (χ1) is 21.5. The van der Waals surface area contributed by atoms with Crippen molar-refractivity contribution < 1.29 is 33.4 Å². The van der Waals surface area contributed by atoms with E-state index in [1.165, 1.54) is 0 Å². The second kappa shape index (κ2) is 9.95. The largest absolute Gasteiger partial charge is 0.454 e. The maximum atomic E-state index is 14.1. The average molecular weight is 585 g/mol. The lowest BCUT2D eigenvalue weighted by Crippen LogP contribution is -2.50. The van der Waals surface area contributed by atoms with E-state index in [9.17, 15) is 19.2 Å². The molecule has 2 fully saturated rings. The van der Waals surface area contributed by atoms with Crippen molar-refractivity contribution in [3.8, 4) is 17.2 Å². The van der Waals surface area contributed by atoms with Crippen LogP contribution in [0.3, 0.4) is 0 Å². The van der Waals surface area contributed by atoms with Crippen LogP contribution in [0.4, 0.5) is 11.4 Å². The summed E-state index contributed by atoms with van der Waals surface area (Å²) in [6.07, 6.45) is 3.80. The van der Waals surface area contributed by atoms with Crippen molar-refractivity contribution in [1.82, 2.24) is 0 Å². The monoisotopic (exact) mass is 584 g/mol. The molecule has 0 spiro atoms. The minimum atomic E-state index is -1.07. The number of benzene rings is 4. The molecule has 0 N–H and O–H groups in total. The van der Waals surface area contributed by atoms with Gasteiger partial charge < -0.3 is 19.1 Å². The van der Waals surface area contributed by atoms with Crippen molar-refractivity contribution in [2.45, 2.75) is 12.1 Å². The van der Waals surface area contributed by atoms with Gasteiger partial charge in [0.25, 0.3) is 0 Å². The maximum absolute atomic E-state index is 14.1. The molecule has 4 aromatic carbocycles. The van der Waals surface area contributed by atoms with Gasteiger partial charge in [-0.15, -0.1) is 0 Å². The molecule has 0 aromatic heterocycles. The van der Waals surface area contributed by atoms with Crippen LogP contribution in [0.15, 0.2) is 103 Å². The number of carbonyl (C=O) groups is 4. The molecule has 216 valence electrons. The van der Waals surface area contributed by atoms with Crippen LogP contribution in [0.1, 0.15) is 21.5 Å². The molecule has 4 aliphatic rings. The van der Waals surface area contributed by atoms with Gasteiger partial charge in [-0.2, -0.15) is 0 Å². The number of esters is 1. The fourth-order valence-corrected chi connectivity index (χ4v) is 6.67. The van der Waals surface area contributed by atoms with E-state index < -0.39 is 41.7 Å². The van der Waals surface area contributed by atoms with Crippen LogP contribution in [-0.4, -0.2) is 42.4 Å². The lowest BCUT2D eigenvalue weighted by atomic mass is 9.89. The first kappa shape index (κ1) is 26.0. The number of anilines is 2. The summed E-state index contributed by atoms with van der Waals surface area (Å²) in [6, 6.07) is 26.1. The molecule has 4 aromatic rings. The van der Waals surface area contributed by atoms with E-state index in [1.807, 2.05) is 47.4 Å². The highest BCUT2D eigenvalue weighted by molar-refractivity contribution is 6.24. The zero-order chi connectivity index (χ0) is 29.9. The molecule has 0 radical (unpaired) electrons. The van der Waals surface area contributed by atoms with Gasteiger partial charge in [-0.25, -0.2) is 9.69 Å². The minimum absolute atomic E-state index is 0.0580. The van der Waals surface area contributed by atoms with Crippen LogP contribution in [0, 0.1) is 11.8 Å². The van der Waals surface area contributed by atoms with Gasteiger partial charge in [0, 0.05) is 22.9 Å². The summed E-state index contributed by atoms with van der Waals surface area (Å²) >= 11 is 0. The quantitative estimate of drug-likeness (QED) is 0.145. The first-order valence-corrected chi connectivity index (χ1v) is 14.2. The fourth-order valence-electron chi connectivity index (χ4n) is 6.67. The van der Waals surface area contributed by atoms with E-state index in [1.54, 1.807) is 66.7 Å². The van der Waals surface area contributed by atoms with Gasteiger partial charge >= 0.3 is 5.97 Å². The van der Waals surface area contributed by atoms with E-state index in [2.05, 4.69) is 0 Å². The number of ether oxygens (including phenoxy) is 3. The van der Waals surface area contributed by atoms with Crippen molar-refractivity contribution in [2.24, 2.45) is 11.8 Å². The third-order valence-electron chi connectivity index (χ3n) is 8.64. The highest BCUT2D eigenvalue weighted by atomic mass is 16.7. The topological polar surface area (TPSA) is 102 Å². The molecule has 4 heterocycles. The lowest BCUT2D eigenvalue weighted by molar-refractivity contribution is -0.139. The van der Waals surface area contributed by atoms with Gasteiger partial charge in [-0.05, 0) is 48.0 Å². The van der Waals surface area contributed by atoms with Crippen LogP contribution < -0.4 is 24.0 Å². The Bertz CT molecular complexity index is 1890. The van der Waals surface area contributed by atoms with E-state index in [0.717, 1.165) is 16.2 Å². The summed E-state index contributed by atoms with van der Waals surface area (Å²) in [4.78, 5) is 58.0. The standard InChI is InChI=1S/C35H24N2O7/c38-32(21-7-2-1-3-8-21)22-10-14-24(15-11-22)44-35(41)31-30-29(26-16-12-20-6-4-5-9-25(20)37(26)31)33(39)36(34(30)40)23-13-17-27-28(18-23)43-19-42-27/h1-18,26,29-31H,19H2/t26-,29+,30-,31+/m1/s1. The normalized spacial score (nSPS) is 22.5. The van der Waals surface area contributed by atoms with Crippen molar-refractivity contribution in [2.75, 3.05) is 16.6 Å². The van der Waals surface area contributed by atoms with Crippen molar-refractivity contribution >= 4 is 41.0 Å². The Labute approximate surface area is 251 Å². The third-order valence-corrected chi connectivity index (χ3v) is 8.64. The highest BCUT2D eigenvalue weighted by Gasteiger charge is 2.65. The first-order valence-electron chi connectivity index (χ1n) is 14.2. The molecule has 0 aliphatic carbocycles. The zero-order valence-electron chi connectivity index (χ0n) is 23.2. The summed E-state index contributed by atoms with van der Waals surface area (Å²) < 4.78 is 16.7. The molecular weight excluding hydrogens is 560 g/mol. The Morgan fingerprint density at radius 1 is 0.750 bits per heavy atom. The minimum Gasteiger partial charge on any atom is -0.454 e. The number of para-hydroxylation sites is 1. The van der Waals surface area contributed by atoms with Crippen molar-refractivity contribution in [3.63, 3.8) is 0 Å². The second-order valence-electron chi connectivity index (χ2n) is 11.0. The predicted molar refractivity (Wildman–Crippen MR) is 160 cm³/mol. The second-order valence-corrected chi connectivity index (χ2v) is 11.0. The Morgan fingerprint density at radius 2 is 1.45 bits per heavy atom. The summed E-state index contributed by atoms with van der Waals surface area (Å²) in [5.41, 5.74) is 2.97. The fraction of sp³-hybridized carbons (Fsp3) is 0.143. The SMILES string of the molecule is O=C(c1ccccc1)c1ccc(OC(=O)[C@@H]2[C@@H]3C(=O)N(c4ccc5c(c4)OCO5)C(=O)[C@H]3[C@H]3C=Cc4ccccc4N32)cc1. The van der Waals surface area contributed by atoms with Crippen LogP contribution in [0.5, 0.6) is 17.2 Å². The van der Waals surface area contributed by atoms with Gasteiger partial charge in [-0.1, -0.05) is 60.7 Å². The number of hydrogen-bond donors (Lipinski definition) is 0. The number of fused-ring (bicyclic) bond motifs is 6. The molecule has 2 amide bonds. The van der Waals surface area contributed by atoms with E-state index in [0.29, 0.717) is 28.3 Å². The lowest BCUT2D eigenvalue weighted by Gasteiger charge is -2.36. The van der Waals surface area contributed by atoms with Gasteiger partial charge in [-0.3, -0.25) is 14.4 Å². The molecule has 4 atom stereocenters. The Kier molecular flexibility index (Phi) is 5.87. The van der Waals surface area contributed by atoms with Crippen molar-refractivity contribution in [3.05, 3.63) is 120 Å². The molecule has 0 saturated carbocycles. The molecule has 2 saturated heterocycles. The summed E-state index contributed by atoms with van der Waals surface area (Å²) in [5, 5.41) is 0. The van der Waals surface area contributed by atoms with E-state index >= 15 is 0 Å². The highest BCUT2D eigenvalue weighted by Crippen LogP contribution is 2.50. The maximum Gasteiger partial charge on any atom is 0.335 e. The number of carbonyl (C=O) groups excluding carboxylic acids is 4. The molecule has 44 heavy (non-hydrogen) atoms. The van der Waals surface area contributed by atoms with Crippen molar-refractivity contribution in [1.29, 1.82) is 0 Å². The van der Waals surface area contributed by atoms with E-state index in [-0.39, 0.29) is 18.3 Å². The molecule has 4 aliphatic heterocycles. The number of ketones is 1. The molecule has 9 heteroatoms. The number of imide groups is 1. The molecule has 0 bridgehead atoms. The number of hydrogen-bond acceptors (Lipinski definition) is 8. The average Bonchev–Trinajstić information content (AvgIpc) is 3.74. The molecule has 0 unspecified atom stereocenters. The van der Waals surface area contributed by atoms with Gasteiger partial charge in [0.15, 0.2) is 17.3 Å². The zero-order valence-corrected chi connectivity index (χ0v) is 23.2. The Balaban J connectivity index is 1.13. The van der Waals surface area contributed by atoms with Crippen LogP contribution >= 0.6 is 0 Å². The Morgan fingerprint density at radius 3 is 2.27 bits per heavy atom. The third kappa shape index (κ3) is 3.93. The Hall–Kier alpha value is -5.70. The summed E-state index contributed by atoms with van der Waals surface area (Å²) in [7, 11) is 0. The van der Waals surface area contributed by atoms with Gasteiger partial charge in [0.1, 0.15) is 11.8 Å². The van der Waals surface area contributed by atoms with Gasteiger partial charge in [0.2, 0.25) is 18.6 Å². The number of amides is 2. The predicted octanol–water partition coefficient (Wildman–Crippen LogP) is 4.64. The number of nitrogens with zero attached hydrogens (tertiary/aromatic N) is 2. The molecule has 8 rings (SSSR count). The van der Waals surface area contributed by atoms with Gasteiger partial charge in [0.05, 0.1) is 23.6 Å². The number of rotatable bonds is 5. The molecular formula is C35H24N2O7. The van der Waals surface area contributed by atoms with E-state index in [4.69, 9.17) is 14.2 Å². The van der Waals surface area contributed by atoms with Crippen LogP contribution in [0.2, 0.25) is 0 Å². The van der Waals surface area contributed by atoms with Crippen LogP contribution in [-0.2, 0) is 14.4 Å². The van der Waals surface area contributed by atoms with Crippen LogP contribution in [0.25, 0.3) is 6.08 Å². The summed E-state index contributed by atoms with van der Waals surface area (Å²) in [6.45, 7) is 0.0580.